The molecule has 16 heavy (non-hydrogen) atoms. The number of para-hydroxylation sites is 1. The third-order valence-electron chi connectivity index (χ3n) is 1.81. The van der Waals surface area contributed by atoms with Gasteiger partial charge in [0.05, 0.1) is 6.26 Å². The van der Waals surface area contributed by atoms with Crippen LogP contribution in [0.4, 0.5) is 4.39 Å². The lowest BCUT2D eigenvalue weighted by Crippen LogP contribution is -2.02. The summed E-state index contributed by atoms with van der Waals surface area (Å²) < 4.78 is 44.1. The summed E-state index contributed by atoms with van der Waals surface area (Å²) in [6.45, 7) is -0.340. The first-order valence-electron chi connectivity index (χ1n) is 4.34. The maximum absolute atomic E-state index is 13.2. The second-order valence-corrected chi connectivity index (χ2v) is 4.81. The summed E-state index contributed by atoms with van der Waals surface area (Å²) >= 11 is 0. The summed E-state index contributed by atoms with van der Waals surface area (Å²) in [5.74, 6) is -0.527. The molecule has 0 bridgehead atoms. The zero-order valence-corrected chi connectivity index (χ0v) is 9.12. The SMILES string of the molecule is CS(=O)(=O)OCc1nc2cccc(F)c2o1. The van der Waals surface area contributed by atoms with Crippen molar-refractivity contribution in [2.24, 2.45) is 0 Å². The third-order valence-corrected chi connectivity index (χ3v) is 2.35. The summed E-state index contributed by atoms with van der Waals surface area (Å²) in [5, 5.41) is 0. The van der Waals surface area contributed by atoms with Crippen LogP contribution in [0.25, 0.3) is 11.1 Å². The van der Waals surface area contributed by atoms with Crippen molar-refractivity contribution < 1.29 is 21.4 Å². The van der Waals surface area contributed by atoms with Crippen molar-refractivity contribution in [1.82, 2.24) is 4.98 Å². The molecule has 0 amide bonds. The van der Waals surface area contributed by atoms with E-state index in [0.717, 1.165) is 6.26 Å². The molecule has 0 spiro atoms. The molecule has 0 unspecified atom stereocenters. The van der Waals surface area contributed by atoms with Crippen LogP contribution in [0.3, 0.4) is 0 Å². The fraction of sp³-hybridized carbons (Fsp3) is 0.222. The number of aromatic nitrogens is 1. The van der Waals surface area contributed by atoms with Crippen LogP contribution in [-0.4, -0.2) is 19.7 Å². The van der Waals surface area contributed by atoms with Gasteiger partial charge >= 0.3 is 0 Å². The van der Waals surface area contributed by atoms with Crippen LogP contribution in [0.5, 0.6) is 0 Å². The van der Waals surface area contributed by atoms with Gasteiger partial charge in [-0.3, -0.25) is 4.18 Å². The Morgan fingerprint density at radius 1 is 1.50 bits per heavy atom. The Balaban J connectivity index is 2.30. The van der Waals surface area contributed by atoms with E-state index in [1.165, 1.54) is 12.1 Å². The second-order valence-electron chi connectivity index (χ2n) is 3.16. The smallest absolute Gasteiger partial charge is 0.264 e. The maximum Gasteiger partial charge on any atom is 0.264 e. The number of halogens is 1. The molecular weight excluding hydrogens is 237 g/mol. The summed E-state index contributed by atoms with van der Waals surface area (Å²) in [5.41, 5.74) is 0.321. The maximum atomic E-state index is 13.2. The number of rotatable bonds is 3. The molecule has 5 nitrogen and oxygen atoms in total. The second kappa shape index (κ2) is 3.84. The largest absolute Gasteiger partial charge is 0.435 e. The number of oxazole rings is 1. The van der Waals surface area contributed by atoms with E-state index in [9.17, 15) is 12.8 Å². The van der Waals surface area contributed by atoms with Gasteiger partial charge < -0.3 is 4.42 Å². The molecule has 0 aliphatic rings. The zero-order valence-electron chi connectivity index (χ0n) is 8.31. The molecule has 0 saturated heterocycles. The first-order valence-corrected chi connectivity index (χ1v) is 6.16. The molecule has 1 aromatic carbocycles. The molecule has 0 aliphatic heterocycles. The Labute approximate surface area is 91.0 Å². The Morgan fingerprint density at radius 2 is 2.25 bits per heavy atom. The van der Waals surface area contributed by atoms with E-state index >= 15 is 0 Å². The highest BCUT2D eigenvalue weighted by atomic mass is 32.2. The molecule has 1 heterocycles. The highest BCUT2D eigenvalue weighted by Gasteiger charge is 2.11. The number of fused-ring (bicyclic) bond motifs is 1. The van der Waals surface area contributed by atoms with Gasteiger partial charge in [0.2, 0.25) is 5.89 Å². The fourth-order valence-electron chi connectivity index (χ4n) is 1.18. The van der Waals surface area contributed by atoms with Gasteiger partial charge in [-0.1, -0.05) is 6.07 Å². The first-order chi connectivity index (χ1) is 7.46. The molecular formula is C9H8FNO4S. The van der Waals surface area contributed by atoms with Crippen molar-refractivity contribution in [3.8, 4) is 0 Å². The van der Waals surface area contributed by atoms with Gasteiger partial charge in [0.1, 0.15) is 12.1 Å². The standard InChI is InChI=1S/C9H8FNO4S/c1-16(12,13)14-5-8-11-7-4-2-3-6(10)9(7)15-8/h2-4H,5H2,1H3. The van der Waals surface area contributed by atoms with Crippen molar-refractivity contribution in [1.29, 1.82) is 0 Å². The number of nitrogens with zero attached hydrogens (tertiary/aromatic N) is 1. The lowest BCUT2D eigenvalue weighted by Gasteiger charge is -1.95. The van der Waals surface area contributed by atoms with E-state index < -0.39 is 15.9 Å². The fourth-order valence-corrected chi connectivity index (χ4v) is 1.50. The lowest BCUT2D eigenvalue weighted by molar-refractivity contribution is 0.273. The van der Waals surface area contributed by atoms with Gasteiger partial charge in [-0.2, -0.15) is 8.42 Å². The van der Waals surface area contributed by atoms with Gasteiger partial charge in [-0.05, 0) is 12.1 Å². The average molecular weight is 245 g/mol. The molecule has 0 fully saturated rings. The van der Waals surface area contributed by atoms with Gasteiger partial charge in [0, 0.05) is 0 Å². The predicted octanol–water partition coefficient (Wildman–Crippen LogP) is 1.44. The summed E-state index contributed by atoms with van der Waals surface area (Å²) in [4.78, 5) is 3.88. The monoisotopic (exact) mass is 245 g/mol. The Morgan fingerprint density at radius 3 is 2.88 bits per heavy atom. The molecule has 0 radical (unpaired) electrons. The van der Waals surface area contributed by atoms with Crippen LogP contribution < -0.4 is 0 Å². The summed E-state index contributed by atoms with van der Waals surface area (Å²) in [6, 6.07) is 4.28. The minimum atomic E-state index is -3.56. The van der Waals surface area contributed by atoms with Gasteiger partial charge in [0.15, 0.2) is 11.4 Å². The number of benzene rings is 1. The van der Waals surface area contributed by atoms with Crippen LogP contribution >= 0.6 is 0 Å². The minimum Gasteiger partial charge on any atom is -0.435 e. The van der Waals surface area contributed by atoms with E-state index in [1.807, 2.05) is 0 Å². The summed E-state index contributed by atoms with van der Waals surface area (Å²) in [7, 11) is -3.56. The number of hydrogen-bond donors (Lipinski definition) is 0. The normalized spacial score (nSPS) is 12.1. The van der Waals surface area contributed by atoms with Crippen molar-refractivity contribution in [3.63, 3.8) is 0 Å². The van der Waals surface area contributed by atoms with Gasteiger partial charge in [-0.25, -0.2) is 9.37 Å². The molecule has 0 saturated carbocycles. The summed E-state index contributed by atoms with van der Waals surface area (Å²) in [6.07, 6.45) is 0.913. The minimum absolute atomic E-state index is 0.00500. The van der Waals surface area contributed by atoms with E-state index in [2.05, 4.69) is 9.17 Å². The van der Waals surface area contributed by atoms with Crippen LogP contribution in [0.15, 0.2) is 22.6 Å². The van der Waals surface area contributed by atoms with Gasteiger partial charge in [-0.15, -0.1) is 0 Å². The zero-order chi connectivity index (χ0) is 11.8. The van der Waals surface area contributed by atoms with E-state index in [0.29, 0.717) is 5.52 Å². The number of hydrogen-bond acceptors (Lipinski definition) is 5. The predicted molar refractivity (Wildman–Crippen MR) is 53.6 cm³/mol. The Kier molecular flexibility index (Phi) is 2.64. The van der Waals surface area contributed by atoms with Gasteiger partial charge in [0.25, 0.3) is 10.1 Å². The molecule has 0 aliphatic carbocycles. The van der Waals surface area contributed by atoms with Crippen LogP contribution in [0.1, 0.15) is 5.89 Å². The Hall–Kier alpha value is -1.47. The van der Waals surface area contributed by atoms with Crippen LogP contribution in [0.2, 0.25) is 0 Å². The first kappa shape index (κ1) is 11.0. The molecule has 7 heteroatoms. The van der Waals surface area contributed by atoms with Crippen molar-refractivity contribution >= 4 is 21.2 Å². The average Bonchev–Trinajstić information content (AvgIpc) is 2.58. The molecule has 86 valence electrons. The van der Waals surface area contributed by atoms with E-state index in [1.54, 1.807) is 6.07 Å². The van der Waals surface area contributed by atoms with Crippen molar-refractivity contribution in [2.45, 2.75) is 6.61 Å². The van der Waals surface area contributed by atoms with Crippen LogP contribution in [0, 0.1) is 5.82 Å². The molecule has 2 aromatic rings. The Bertz CT molecular complexity index is 619. The third kappa shape index (κ3) is 2.37. The highest BCUT2D eigenvalue weighted by molar-refractivity contribution is 7.85. The topological polar surface area (TPSA) is 69.4 Å². The van der Waals surface area contributed by atoms with E-state index in [4.69, 9.17) is 4.42 Å². The molecule has 0 N–H and O–H groups in total. The van der Waals surface area contributed by atoms with E-state index in [-0.39, 0.29) is 18.1 Å². The lowest BCUT2D eigenvalue weighted by atomic mass is 10.3. The van der Waals surface area contributed by atoms with Crippen LogP contribution in [-0.2, 0) is 20.9 Å². The highest BCUT2D eigenvalue weighted by Crippen LogP contribution is 2.19. The molecule has 1 aromatic heterocycles. The molecule has 0 atom stereocenters. The molecule has 2 rings (SSSR count). The van der Waals surface area contributed by atoms with Crippen molar-refractivity contribution in [3.05, 3.63) is 29.9 Å². The van der Waals surface area contributed by atoms with Crippen molar-refractivity contribution in [2.75, 3.05) is 6.26 Å². The quantitative estimate of drug-likeness (QED) is 0.765.